The number of likely N-dealkylation sites (N-methyl/N-ethyl adjacent to an activating group) is 1. The zero-order valence-corrected chi connectivity index (χ0v) is 10.1. The van der Waals surface area contributed by atoms with Gasteiger partial charge in [-0.15, -0.1) is 6.58 Å². The fourth-order valence-electron chi connectivity index (χ4n) is 2.20. The van der Waals surface area contributed by atoms with Gasteiger partial charge in [-0.3, -0.25) is 4.79 Å². The lowest BCUT2D eigenvalue weighted by Gasteiger charge is -2.17. The molecule has 1 unspecified atom stereocenters. The summed E-state index contributed by atoms with van der Waals surface area (Å²) in [6.45, 7) is 5.11. The SMILES string of the molecule is C=CCN(C)C(=O)CC1CNc2ccccc21. The summed E-state index contributed by atoms with van der Waals surface area (Å²) in [5.74, 6) is 0.472. The molecule has 0 saturated heterocycles. The molecule has 1 atom stereocenters. The maximum atomic E-state index is 11.9. The Morgan fingerprint density at radius 3 is 3.12 bits per heavy atom. The van der Waals surface area contributed by atoms with Crippen LogP contribution in [0.1, 0.15) is 17.9 Å². The molecular weight excluding hydrogens is 212 g/mol. The molecule has 17 heavy (non-hydrogen) atoms. The highest BCUT2D eigenvalue weighted by Crippen LogP contribution is 2.33. The van der Waals surface area contributed by atoms with Crippen LogP contribution in [0.3, 0.4) is 0 Å². The number of fused-ring (bicyclic) bond motifs is 1. The van der Waals surface area contributed by atoms with Gasteiger partial charge in [-0.25, -0.2) is 0 Å². The van der Waals surface area contributed by atoms with E-state index in [1.54, 1.807) is 11.0 Å². The predicted molar refractivity (Wildman–Crippen MR) is 70.1 cm³/mol. The Hall–Kier alpha value is -1.77. The maximum Gasteiger partial charge on any atom is 0.223 e. The van der Waals surface area contributed by atoms with E-state index in [2.05, 4.69) is 24.0 Å². The van der Waals surface area contributed by atoms with Crippen molar-refractivity contribution in [3.8, 4) is 0 Å². The minimum atomic E-state index is 0.174. The molecule has 3 nitrogen and oxygen atoms in total. The van der Waals surface area contributed by atoms with E-state index in [1.165, 1.54) is 5.56 Å². The number of carbonyl (C=O) groups excluding carboxylic acids is 1. The summed E-state index contributed by atoms with van der Waals surface area (Å²) in [5.41, 5.74) is 2.42. The van der Waals surface area contributed by atoms with Crippen molar-refractivity contribution in [1.82, 2.24) is 4.90 Å². The first kappa shape index (κ1) is 11.7. The molecule has 1 aromatic carbocycles. The zero-order chi connectivity index (χ0) is 12.3. The number of carbonyl (C=O) groups is 1. The summed E-state index contributed by atoms with van der Waals surface area (Å²) in [5, 5.41) is 3.34. The number of hydrogen-bond acceptors (Lipinski definition) is 2. The molecule has 1 aromatic rings. The van der Waals surface area contributed by atoms with Crippen LogP contribution >= 0.6 is 0 Å². The summed E-state index contributed by atoms with van der Waals surface area (Å²) >= 11 is 0. The van der Waals surface area contributed by atoms with Crippen LogP contribution in [0.15, 0.2) is 36.9 Å². The van der Waals surface area contributed by atoms with Crippen molar-refractivity contribution in [3.05, 3.63) is 42.5 Å². The van der Waals surface area contributed by atoms with Gasteiger partial charge in [0.15, 0.2) is 0 Å². The van der Waals surface area contributed by atoms with Crippen molar-refractivity contribution in [3.63, 3.8) is 0 Å². The molecule has 0 aliphatic carbocycles. The fourth-order valence-corrected chi connectivity index (χ4v) is 2.20. The molecule has 1 N–H and O–H groups in total. The van der Waals surface area contributed by atoms with Gasteiger partial charge in [0.05, 0.1) is 0 Å². The molecule has 0 bridgehead atoms. The highest BCUT2D eigenvalue weighted by atomic mass is 16.2. The molecule has 0 aromatic heterocycles. The summed E-state index contributed by atoms with van der Waals surface area (Å²) < 4.78 is 0. The van der Waals surface area contributed by atoms with E-state index < -0.39 is 0 Å². The van der Waals surface area contributed by atoms with Gasteiger partial charge in [-0.1, -0.05) is 24.3 Å². The Bertz CT molecular complexity index is 428. The highest BCUT2D eigenvalue weighted by Gasteiger charge is 2.24. The fraction of sp³-hybridized carbons (Fsp3) is 0.357. The standard InChI is InChI=1S/C14H18N2O/c1-3-8-16(2)14(17)9-11-10-15-13-7-5-4-6-12(11)13/h3-7,11,15H,1,8-10H2,2H3. The van der Waals surface area contributed by atoms with Gasteiger partial charge in [-0.2, -0.15) is 0 Å². The lowest BCUT2D eigenvalue weighted by Crippen LogP contribution is -2.28. The molecule has 0 spiro atoms. The van der Waals surface area contributed by atoms with Crippen molar-refractivity contribution in [2.24, 2.45) is 0 Å². The summed E-state index contributed by atoms with van der Waals surface area (Å²) in [7, 11) is 1.82. The molecule has 1 aliphatic heterocycles. The number of nitrogens with zero attached hydrogens (tertiary/aromatic N) is 1. The van der Waals surface area contributed by atoms with Crippen molar-refractivity contribution in [2.45, 2.75) is 12.3 Å². The summed E-state index contributed by atoms with van der Waals surface area (Å²) in [4.78, 5) is 13.7. The normalized spacial score (nSPS) is 17.1. The van der Waals surface area contributed by atoms with E-state index in [1.807, 2.05) is 19.2 Å². The number of rotatable bonds is 4. The first-order valence-electron chi connectivity index (χ1n) is 5.90. The Kier molecular flexibility index (Phi) is 3.47. The van der Waals surface area contributed by atoms with E-state index in [-0.39, 0.29) is 5.91 Å². The minimum absolute atomic E-state index is 0.174. The lowest BCUT2D eigenvalue weighted by atomic mass is 9.97. The maximum absolute atomic E-state index is 11.9. The molecule has 0 radical (unpaired) electrons. The van der Waals surface area contributed by atoms with Crippen LogP contribution in [0.25, 0.3) is 0 Å². The van der Waals surface area contributed by atoms with Gasteiger partial charge in [0.1, 0.15) is 0 Å². The predicted octanol–water partition coefficient (Wildman–Crippen LogP) is 2.23. The number of para-hydroxylation sites is 1. The van der Waals surface area contributed by atoms with Crippen molar-refractivity contribution >= 4 is 11.6 Å². The Labute approximate surface area is 102 Å². The molecule has 1 amide bonds. The van der Waals surface area contributed by atoms with E-state index in [4.69, 9.17) is 0 Å². The molecule has 0 fully saturated rings. The number of anilines is 1. The smallest absolute Gasteiger partial charge is 0.223 e. The van der Waals surface area contributed by atoms with Crippen LogP contribution in [0.2, 0.25) is 0 Å². The van der Waals surface area contributed by atoms with Crippen LogP contribution in [0.5, 0.6) is 0 Å². The second kappa shape index (κ2) is 5.04. The van der Waals surface area contributed by atoms with Gasteiger partial charge in [0, 0.05) is 38.2 Å². The molecule has 0 saturated carbocycles. The van der Waals surface area contributed by atoms with Crippen LogP contribution in [0.4, 0.5) is 5.69 Å². The monoisotopic (exact) mass is 230 g/mol. The van der Waals surface area contributed by atoms with Crippen molar-refractivity contribution < 1.29 is 4.79 Å². The molecular formula is C14H18N2O. The molecule has 1 heterocycles. The minimum Gasteiger partial charge on any atom is -0.384 e. The topological polar surface area (TPSA) is 32.3 Å². The Balaban J connectivity index is 2.02. The van der Waals surface area contributed by atoms with Crippen molar-refractivity contribution in [1.29, 1.82) is 0 Å². The molecule has 3 heteroatoms. The zero-order valence-electron chi connectivity index (χ0n) is 10.1. The Morgan fingerprint density at radius 2 is 2.35 bits per heavy atom. The Morgan fingerprint density at radius 1 is 1.59 bits per heavy atom. The number of hydrogen-bond donors (Lipinski definition) is 1. The first-order valence-corrected chi connectivity index (χ1v) is 5.90. The molecule has 1 aliphatic rings. The third-order valence-electron chi connectivity index (χ3n) is 3.19. The van der Waals surface area contributed by atoms with E-state index in [0.717, 1.165) is 12.2 Å². The number of benzene rings is 1. The van der Waals surface area contributed by atoms with Crippen LogP contribution < -0.4 is 5.32 Å². The largest absolute Gasteiger partial charge is 0.384 e. The summed E-state index contributed by atoms with van der Waals surface area (Å²) in [6, 6.07) is 8.20. The van der Waals surface area contributed by atoms with E-state index in [9.17, 15) is 4.79 Å². The van der Waals surface area contributed by atoms with Crippen LogP contribution in [-0.2, 0) is 4.79 Å². The molecule has 2 rings (SSSR count). The number of nitrogens with one attached hydrogen (secondary N) is 1. The quantitative estimate of drug-likeness (QED) is 0.804. The van der Waals surface area contributed by atoms with Gasteiger partial charge in [-0.05, 0) is 11.6 Å². The van der Waals surface area contributed by atoms with Gasteiger partial charge in [0.2, 0.25) is 5.91 Å². The van der Waals surface area contributed by atoms with Crippen molar-refractivity contribution in [2.75, 3.05) is 25.5 Å². The van der Waals surface area contributed by atoms with Crippen LogP contribution in [0, 0.1) is 0 Å². The van der Waals surface area contributed by atoms with Gasteiger partial charge >= 0.3 is 0 Å². The average molecular weight is 230 g/mol. The van der Waals surface area contributed by atoms with E-state index >= 15 is 0 Å². The number of amides is 1. The third-order valence-corrected chi connectivity index (χ3v) is 3.19. The first-order chi connectivity index (χ1) is 8.22. The highest BCUT2D eigenvalue weighted by molar-refractivity contribution is 5.78. The van der Waals surface area contributed by atoms with Gasteiger partial charge < -0.3 is 10.2 Å². The van der Waals surface area contributed by atoms with Crippen LogP contribution in [-0.4, -0.2) is 30.9 Å². The van der Waals surface area contributed by atoms with E-state index in [0.29, 0.717) is 18.9 Å². The van der Waals surface area contributed by atoms with Gasteiger partial charge in [0.25, 0.3) is 0 Å². The third kappa shape index (κ3) is 2.49. The lowest BCUT2D eigenvalue weighted by molar-refractivity contribution is -0.129. The second-order valence-corrected chi connectivity index (χ2v) is 4.43. The molecule has 90 valence electrons. The average Bonchev–Trinajstić information content (AvgIpc) is 2.73. The summed E-state index contributed by atoms with van der Waals surface area (Å²) in [6.07, 6.45) is 2.31. The second-order valence-electron chi connectivity index (χ2n) is 4.43.